The molecule has 1 aliphatic carbocycles. The van der Waals surface area contributed by atoms with Gasteiger partial charge in [-0.05, 0) is 34.0 Å². The molecule has 0 aliphatic heterocycles. The van der Waals surface area contributed by atoms with Gasteiger partial charge in [-0.2, -0.15) is 0 Å². The van der Waals surface area contributed by atoms with Gasteiger partial charge in [0.05, 0.1) is 16.9 Å². The molecule has 0 N–H and O–H groups in total. The van der Waals surface area contributed by atoms with Crippen LogP contribution in [0, 0.1) is 0 Å². The Morgan fingerprint density at radius 2 is 1.59 bits per heavy atom. The summed E-state index contributed by atoms with van der Waals surface area (Å²) in [5, 5.41) is 3.75. The lowest BCUT2D eigenvalue weighted by molar-refractivity contribution is 0.650. The van der Waals surface area contributed by atoms with E-state index in [1.807, 2.05) is 18.3 Å². The Balaban J connectivity index is 1.77. The van der Waals surface area contributed by atoms with E-state index in [2.05, 4.69) is 80.6 Å². The Hall–Kier alpha value is -3.52. The molecule has 29 heavy (non-hydrogen) atoms. The van der Waals surface area contributed by atoms with Crippen LogP contribution >= 0.6 is 0 Å². The standard InChI is InChI=1S/C27H20N2/c1-27(2)21-16-23(18-9-4-3-5-10-18)29-22-14-15-28-26(24(21)22)20-13-12-17-8-6-7-11-19(17)25(20)27/h3-16H,1-2H3. The average molecular weight is 372 g/mol. The van der Waals surface area contributed by atoms with Crippen molar-refractivity contribution in [2.75, 3.05) is 0 Å². The fourth-order valence-corrected chi connectivity index (χ4v) is 4.91. The normalized spacial score (nSPS) is 14.1. The van der Waals surface area contributed by atoms with Gasteiger partial charge >= 0.3 is 0 Å². The summed E-state index contributed by atoms with van der Waals surface area (Å²) in [6.07, 6.45) is 1.89. The molecular formula is C27H20N2. The minimum absolute atomic E-state index is 0.156. The van der Waals surface area contributed by atoms with E-state index >= 15 is 0 Å². The fourth-order valence-electron chi connectivity index (χ4n) is 4.91. The molecule has 2 nitrogen and oxygen atoms in total. The van der Waals surface area contributed by atoms with Crippen molar-refractivity contribution in [3.63, 3.8) is 0 Å². The lowest BCUT2D eigenvalue weighted by atomic mass is 9.68. The Labute approximate surface area is 169 Å². The summed E-state index contributed by atoms with van der Waals surface area (Å²) >= 11 is 0. The maximum atomic E-state index is 5.01. The molecule has 0 spiro atoms. The highest BCUT2D eigenvalue weighted by Gasteiger charge is 2.36. The van der Waals surface area contributed by atoms with E-state index in [1.54, 1.807) is 0 Å². The number of fused-ring (bicyclic) bond motifs is 4. The third-order valence-corrected chi connectivity index (χ3v) is 6.27. The van der Waals surface area contributed by atoms with Gasteiger partial charge < -0.3 is 0 Å². The van der Waals surface area contributed by atoms with Gasteiger partial charge in [-0.3, -0.25) is 4.98 Å². The Morgan fingerprint density at radius 3 is 2.45 bits per heavy atom. The number of benzene rings is 3. The smallest absolute Gasteiger partial charge is 0.0802 e. The van der Waals surface area contributed by atoms with Crippen molar-refractivity contribution in [2.45, 2.75) is 19.3 Å². The first-order valence-corrected chi connectivity index (χ1v) is 10.0. The number of hydrogen-bond donors (Lipinski definition) is 0. The minimum atomic E-state index is -0.156. The van der Waals surface area contributed by atoms with Crippen LogP contribution in [0.3, 0.4) is 0 Å². The Bertz CT molecular complexity index is 1420. The number of nitrogens with zero attached hydrogens (tertiary/aromatic N) is 2. The van der Waals surface area contributed by atoms with Crippen molar-refractivity contribution in [2.24, 2.45) is 0 Å². The number of pyridine rings is 2. The fraction of sp³-hybridized carbons (Fsp3) is 0.111. The third kappa shape index (κ3) is 2.23. The van der Waals surface area contributed by atoms with Gasteiger partial charge in [-0.25, -0.2) is 4.98 Å². The topological polar surface area (TPSA) is 25.8 Å². The maximum absolute atomic E-state index is 5.01. The zero-order valence-electron chi connectivity index (χ0n) is 16.5. The summed E-state index contributed by atoms with van der Waals surface area (Å²) in [4.78, 5) is 9.82. The minimum Gasteiger partial charge on any atom is -0.255 e. The SMILES string of the molecule is CC1(C)c2c(ccc3ccccc23)-c2nccc3nc(-c4ccccc4)cc1c23. The van der Waals surface area contributed by atoms with Gasteiger partial charge in [0, 0.05) is 28.1 Å². The molecule has 3 aromatic carbocycles. The van der Waals surface area contributed by atoms with E-state index in [9.17, 15) is 0 Å². The van der Waals surface area contributed by atoms with Crippen LogP contribution in [0.25, 0.3) is 44.2 Å². The van der Waals surface area contributed by atoms with Gasteiger partial charge in [0.2, 0.25) is 0 Å². The zero-order chi connectivity index (χ0) is 19.6. The monoisotopic (exact) mass is 372 g/mol. The van der Waals surface area contributed by atoms with E-state index in [1.165, 1.54) is 32.8 Å². The first-order chi connectivity index (χ1) is 14.1. The molecule has 1 aliphatic rings. The number of hydrogen-bond acceptors (Lipinski definition) is 2. The van der Waals surface area contributed by atoms with Crippen LogP contribution in [-0.2, 0) is 5.41 Å². The van der Waals surface area contributed by atoms with Gasteiger partial charge in [0.1, 0.15) is 0 Å². The molecule has 2 heteroatoms. The second kappa shape index (κ2) is 5.74. The molecule has 0 amide bonds. The summed E-state index contributed by atoms with van der Waals surface area (Å²) in [5.41, 5.74) is 7.94. The Morgan fingerprint density at radius 1 is 0.793 bits per heavy atom. The summed E-state index contributed by atoms with van der Waals surface area (Å²) in [6, 6.07) is 27.8. The molecule has 0 bridgehead atoms. The molecule has 5 aromatic rings. The van der Waals surface area contributed by atoms with Crippen LogP contribution in [0.15, 0.2) is 85.1 Å². The van der Waals surface area contributed by atoms with E-state index in [4.69, 9.17) is 9.97 Å². The average Bonchev–Trinajstić information content (AvgIpc) is 2.77. The van der Waals surface area contributed by atoms with Crippen LogP contribution in [0.1, 0.15) is 25.0 Å². The van der Waals surface area contributed by atoms with Crippen molar-refractivity contribution in [1.82, 2.24) is 9.97 Å². The molecule has 6 rings (SSSR count). The lowest BCUT2D eigenvalue weighted by Crippen LogP contribution is -2.25. The molecule has 0 saturated heterocycles. The van der Waals surface area contributed by atoms with E-state index < -0.39 is 0 Å². The summed E-state index contributed by atoms with van der Waals surface area (Å²) in [5.74, 6) is 0. The highest BCUT2D eigenvalue weighted by Crippen LogP contribution is 2.50. The number of aromatic nitrogens is 2. The van der Waals surface area contributed by atoms with Crippen molar-refractivity contribution in [3.05, 3.63) is 96.2 Å². The van der Waals surface area contributed by atoms with E-state index in [0.717, 1.165) is 22.5 Å². The quantitative estimate of drug-likeness (QED) is 0.325. The third-order valence-electron chi connectivity index (χ3n) is 6.27. The first-order valence-electron chi connectivity index (χ1n) is 10.0. The summed E-state index contributed by atoms with van der Waals surface area (Å²) in [7, 11) is 0. The highest BCUT2D eigenvalue weighted by molar-refractivity contribution is 6.05. The van der Waals surface area contributed by atoms with Crippen LogP contribution < -0.4 is 0 Å². The van der Waals surface area contributed by atoms with E-state index in [-0.39, 0.29) is 5.41 Å². The second-order valence-corrected chi connectivity index (χ2v) is 8.31. The maximum Gasteiger partial charge on any atom is 0.0802 e. The van der Waals surface area contributed by atoms with Crippen LogP contribution in [0.2, 0.25) is 0 Å². The van der Waals surface area contributed by atoms with Crippen LogP contribution in [0.4, 0.5) is 0 Å². The number of rotatable bonds is 1. The second-order valence-electron chi connectivity index (χ2n) is 8.31. The molecule has 138 valence electrons. The van der Waals surface area contributed by atoms with Crippen molar-refractivity contribution < 1.29 is 0 Å². The lowest BCUT2D eigenvalue weighted by Gasteiger charge is -2.35. The van der Waals surface area contributed by atoms with Crippen molar-refractivity contribution in [3.8, 4) is 22.5 Å². The molecule has 0 radical (unpaired) electrons. The molecule has 0 atom stereocenters. The van der Waals surface area contributed by atoms with Crippen LogP contribution in [0.5, 0.6) is 0 Å². The largest absolute Gasteiger partial charge is 0.255 e. The van der Waals surface area contributed by atoms with Crippen LogP contribution in [-0.4, -0.2) is 9.97 Å². The molecular weight excluding hydrogens is 352 g/mol. The summed E-state index contributed by atoms with van der Waals surface area (Å²) in [6.45, 7) is 4.66. The predicted molar refractivity (Wildman–Crippen MR) is 120 cm³/mol. The van der Waals surface area contributed by atoms with Gasteiger partial charge in [0.25, 0.3) is 0 Å². The molecule has 2 aromatic heterocycles. The Kier molecular flexibility index (Phi) is 3.25. The first kappa shape index (κ1) is 16.4. The zero-order valence-corrected chi connectivity index (χ0v) is 16.5. The van der Waals surface area contributed by atoms with Gasteiger partial charge in [-0.1, -0.05) is 80.6 Å². The van der Waals surface area contributed by atoms with E-state index in [0.29, 0.717) is 0 Å². The molecule has 0 fully saturated rings. The van der Waals surface area contributed by atoms with Gasteiger partial charge in [0.15, 0.2) is 0 Å². The van der Waals surface area contributed by atoms with Crippen molar-refractivity contribution in [1.29, 1.82) is 0 Å². The van der Waals surface area contributed by atoms with Gasteiger partial charge in [-0.15, -0.1) is 0 Å². The molecule has 0 unspecified atom stereocenters. The predicted octanol–water partition coefficient (Wildman–Crippen LogP) is 6.76. The molecule has 2 heterocycles. The molecule has 0 saturated carbocycles. The van der Waals surface area contributed by atoms with Crippen molar-refractivity contribution >= 4 is 21.7 Å². The summed E-state index contributed by atoms with van der Waals surface area (Å²) < 4.78 is 0. The highest BCUT2D eigenvalue weighted by atomic mass is 14.8.